The average Bonchev–Trinajstić information content (AvgIpc) is 2.23. The van der Waals surface area contributed by atoms with Crippen molar-refractivity contribution in [1.29, 1.82) is 5.26 Å². The second-order valence-electron chi connectivity index (χ2n) is 4.26. The van der Waals surface area contributed by atoms with Gasteiger partial charge in [0.15, 0.2) is 0 Å². The summed E-state index contributed by atoms with van der Waals surface area (Å²) >= 11 is 0. The predicted molar refractivity (Wildman–Crippen MR) is 62.3 cm³/mol. The lowest BCUT2D eigenvalue weighted by molar-refractivity contribution is -0.138. The number of hydrogen-bond donors (Lipinski definition) is 2. The van der Waals surface area contributed by atoms with Crippen LogP contribution in [0.3, 0.4) is 0 Å². The molecule has 0 bridgehead atoms. The lowest BCUT2D eigenvalue weighted by atomic mass is 10.2. The van der Waals surface area contributed by atoms with E-state index in [1.807, 2.05) is 19.9 Å². The van der Waals surface area contributed by atoms with Gasteiger partial charge in [-0.1, -0.05) is 13.8 Å². The maximum absolute atomic E-state index is 11.7. The van der Waals surface area contributed by atoms with Gasteiger partial charge in [-0.25, -0.2) is 4.79 Å². The number of nitriles is 1. The van der Waals surface area contributed by atoms with E-state index in [4.69, 9.17) is 10.4 Å². The van der Waals surface area contributed by atoms with Crippen LogP contribution in [-0.4, -0.2) is 41.1 Å². The number of nitrogens with one attached hydrogen (secondary N) is 1. The zero-order valence-corrected chi connectivity index (χ0v) is 10.4. The topological polar surface area (TPSA) is 93.4 Å². The largest absolute Gasteiger partial charge is 0.480 e. The lowest BCUT2D eigenvalue weighted by Crippen LogP contribution is -2.48. The van der Waals surface area contributed by atoms with Gasteiger partial charge < -0.3 is 15.3 Å². The fourth-order valence-corrected chi connectivity index (χ4v) is 1.24. The van der Waals surface area contributed by atoms with Crippen molar-refractivity contribution in [2.75, 3.05) is 13.1 Å². The van der Waals surface area contributed by atoms with Crippen molar-refractivity contribution in [3.63, 3.8) is 0 Å². The molecule has 0 aromatic heterocycles. The van der Waals surface area contributed by atoms with Crippen LogP contribution in [0.1, 0.15) is 27.2 Å². The molecule has 0 aliphatic heterocycles. The molecule has 6 nitrogen and oxygen atoms in total. The fraction of sp³-hybridized carbons (Fsp3) is 0.727. The number of carbonyl (C=O) groups excluding carboxylic acids is 1. The van der Waals surface area contributed by atoms with E-state index in [0.717, 1.165) is 0 Å². The Morgan fingerprint density at radius 1 is 1.41 bits per heavy atom. The van der Waals surface area contributed by atoms with Crippen LogP contribution in [0, 0.1) is 17.2 Å². The van der Waals surface area contributed by atoms with E-state index in [1.165, 1.54) is 11.8 Å². The van der Waals surface area contributed by atoms with Crippen molar-refractivity contribution in [2.24, 2.45) is 5.92 Å². The number of urea groups is 1. The molecule has 2 N–H and O–H groups in total. The van der Waals surface area contributed by atoms with Gasteiger partial charge >= 0.3 is 12.0 Å². The fourth-order valence-electron chi connectivity index (χ4n) is 1.24. The van der Waals surface area contributed by atoms with Crippen LogP contribution >= 0.6 is 0 Å². The molecular weight excluding hydrogens is 222 g/mol. The lowest BCUT2D eigenvalue weighted by Gasteiger charge is -2.25. The molecule has 1 atom stereocenters. The minimum Gasteiger partial charge on any atom is -0.480 e. The highest BCUT2D eigenvalue weighted by Gasteiger charge is 2.19. The smallest absolute Gasteiger partial charge is 0.325 e. The maximum Gasteiger partial charge on any atom is 0.325 e. The molecule has 0 heterocycles. The van der Waals surface area contributed by atoms with Crippen LogP contribution in [0.25, 0.3) is 0 Å². The molecule has 6 heteroatoms. The quantitative estimate of drug-likeness (QED) is 0.726. The summed E-state index contributed by atoms with van der Waals surface area (Å²) in [6, 6.07) is 0.592. The molecule has 0 radical (unpaired) electrons. The van der Waals surface area contributed by atoms with Crippen molar-refractivity contribution < 1.29 is 14.7 Å². The Hall–Kier alpha value is -1.77. The van der Waals surface area contributed by atoms with Crippen LogP contribution in [0.5, 0.6) is 0 Å². The third-order valence-electron chi connectivity index (χ3n) is 2.08. The second-order valence-corrected chi connectivity index (χ2v) is 4.26. The molecule has 2 amide bonds. The standard InChI is InChI=1S/C11H19N3O3/c1-8(2)7-14(6-4-5-12)11(17)13-9(3)10(15)16/h8-9H,4,6-7H2,1-3H3,(H,13,17)(H,15,16)/t9-/m0/s1. The van der Waals surface area contributed by atoms with E-state index < -0.39 is 18.0 Å². The van der Waals surface area contributed by atoms with E-state index in [1.54, 1.807) is 0 Å². The summed E-state index contributed by atoms with van der Waals surface area (Å²) < 4.78 is 0. The SMILES string of the molecule is CC(C)CN(CCC#N)C(=O)N[C@@H](C)C(=O)O. The number of rotatable bonds is 6. The average molecular weight is 241 g/mol. The number of carboxylic acids is 1. The molecule has 0 saturated carbocycles. The van der Waals surface area contributed by atoms with Crippen LogP contribution in [0.2, 0.25) is 0 Å². The first-order valence-corrected chi connectivity index (χ1v) is 5.53. The van der Waals surface area contributed by atoms with Crippen molar-refractivity contribution in [1.82, 2.24) is 10.2 Å². The number of nitrogens with zero attached hydrogens (tertiary/aromatic N) is 2. The number of carboxylic acid groups (broad SMARTS) is 1. The van der Waals surface area contributed by atoms with Gasteiger partial charge in [-0.2, -0.15) is 5.26 Å². The van der Waals surface area contributed by atoms with E-state index in [-0.39, 0.29) is 12.3 Å². The minimum atomic E-state index is -1.08. The highest BCUT2D eigenvalue weighted by Crippen LogP contribution is 2.01. The van der Waals surface area contributed by atoms with Gasteiger partial charge in [-0.05, 0) is 12.8 Å². The summed E-state index contributed by atoms with van der Waals surface area (Å²) in [5.74, 6) is -0.817. The molecule has 0 aliphatic carbocycles. The van der Waals surface area contributed by atoms with Gasteiger partial charge in [0.05, 0.1) is 12.5 Å². The minimum absolute atomic E-state index is 0.238. The zero-order chi connectivity index (χ0) is 13.4. The predicted octanol–water partition coefficient (Wildman–Crippen LogP) is 1.04. The van der Waals surface area contributed by atoms with Crippen LogP contribution in [0.4, 0.5) is 4.79 Å². The molecule has 0 saturated heterocycles. The Morgan fingerprint density at radius 3 is 2.41 bits per heavy atom. The summed E-state index contributed by atoms with van der Waals surface area (Å²) in [4.78, 5) is 23.8. The Kier molecular flexibility index (Phi) is 6.71. The van der Waals surface area contributed by atoms with Crippen molar-refractivity contribution in [2.45, 2.75) is 33.2 Å². The van der Waals surface area contributed by atoms with Crippen LogP contribution in [-0.2, 0) is 4.79 Å². The van der Waals surface area contributed by atoms with E-state index >= 15 is 0 Å². The number of amides is 2. The molecule has 17 heavy (non-hydrogen) atoms. The highest BCUT2D eigenvalue weighted by atomic mass is 16.4. The normalized spacial score (nSPS) is 11.7. The van der Waals surface area contributed by atoms with Crippen molar-refractivity contribution in [3.8, 4) is 6.07 Å². The van der Waals surface area contributed by atoms with Crippen molar-refractivity contribution >= 4 is 12.0 Å². The van der Waals surface area contributed by atoms with Gasteiger partial charge in [-0.3, -0.25) is 4.79 Å². The second kappa shape index (κ2) is 7.49. The zero-order valence-electron chi connectivity index (χ0n) is 10.4. The first-order valence-electron chi connectivity index (χ1n) is 5.53. The first-order chi connectivity index (χ1) is 7.88. The van der Waals surface area contributed by atoms with Gasteiger partial charge in [-0.15, -0.1) is 0 Å². The number of carbonyl (C=O) groups is 2. The summed E-state index contributed by atoms with van der Waals surface area (Å²) in [6.07, 6.45) is 0.238. The maximum atomic E-state index is 11.7. The molecule has 0 aromatic carbocycles. The van der Waals surface area contributed by atoms with E-state index in [2.05, 4.69) is 5.32 Å². The third-order valence-corrected chi connectivity index (χ3v) is 2.08. The Balaban J connectivity index is 4.41. The molecule has 0 aromatic rings. The van der Waals surface area contributed by atoms with Gasteiger partial charge in [0.25, 0.3) is 0 Å². The molecule has 96 valence electrons. The molecule has 0 unspecified atom stereocenters. The molecule has 0 fully saturated rings. The Morgan fingerprint density at radius 2 is 2.00 bits per heavy atom. The van der Waals surface area contributed by atoms with E-state index in [0.29, 0.717) is 13.1 Å². The first kappa shape index (κ1) is 15.2. The van der Waals surface area contributed by atoms with Gasteiger partial charge in [0.2, 0.25) is 0 Å². The molecule has 0 spiro atoms. The molecule has 0 aliphatic rings. The Bertz CT molecular complexity index is 310. The van der Waals surface area contributed by atoms with E-state index in [9.17, 15) is 9.59 Å². The van der Waals surface area contributed by atoms with Crippen LogP contribution < -0.4 is 5.32 Å². The van der Waals surface area contributed by atoms with Crippen LogP contribution in [0.15, 0.2) is 0 Å². The number of aliphatic carboxylic acids is 1. The van der Waals surface area contributed by atoms with Gasteiger partial charge in [0.1, 0.15) is 6.04 Å². The summed E-state index contributed by atoms with van der Waals surface area (Å²) in [5, 5.41) is 19.6. The summed E-state index contributed by atoms with van der Waals surface area (Å²) in [5.41, 5.74) is 0. The van der Waals surface area contributed by atoms with Crippen molar-refractivity contribution in [3.05, 3.63) is 0 Å². The van der Waals surface area contributed by atoms with Gasteiger partial charge in [0, 0.05) is 13.1 Å². The number of hydrogen-bond acceptors (Lipinski definition) is 3. The Labute approximate surface area is 101 Å². The summed E-state index contributed by atoms with van der Waals surface area (Å²) in [6.45, 7) is 6.12. The highest BCUT2D eigenvalue weighted by molar-refractivity contribution is 5.82. The third kappa shape index (κ3) is 6.40. The molecule has 0 rings (SSSR count). The monoisotopic (exact) mass is 241 g/mol. The summed E-state index contributed by atoms with van der Waals surface area (Å²) in [7, 11) is 0. The molecular formula is C11H19N3O3.